The van der Waals surface area contributed by atoms with Gasteiger partial charge in [-0.3, -0.25) is 9.69 Å². The summed E-state index contributed by atoms with van der Waals surface area (Å²) in [7, 11) is 1.85. The molecule has 0 aromatic carbocycles. The van der Waals surface area contributed by atoms with Crippen LogP contribution in [0.15, 0.2) is 42.3 Å². The summed E-state index contributed by atoms with van der Waals surface area (Å²) in [6, 6.07) is 3.94. The molecule has 4 rings (SSSR count). The average Bonchev–Trinajstić information content (AvgIpc) is 3.22. The van der Waals surface area contributed by atoms with E-state index in [9.17, 15) is 0 Å². The van der Waals surface area contributed by atoms with Crippen LogP contribution in [0.4, 0.5) is 11.6 Å². The van der Waals surface area contributed by atoms with Gasteiger partial charge in [0.15, 0.2) is 11.6 Å². The minimum Gasteiger partial charge on any atom is -0.381 e. The van der Waals surface area contributed by atoms with Crippen molar-refractivity contribution in [3.63, 3.8) is 0 Å². The fraction of sp³-hybridized carbons (Fsp3) is 0.125. The van der Waals surface area contributed by atoms with Crippen LogP contribution < -0.4 is 16.6 Å². The highest BCUT2D eigenvalue weighted by molar-refractivity contribution is 7.16. The first kappa shape index (κ1) is 15.5. The smallest absolute Gasteiger partial charge is 0.186 e. The van der Waals surface area contributed by atoms with E-state index < -0.39 is 0 Å². The van der Waals surface area contributed by atoms with E-state index in [1.165, 1.54) is 5.01 Å². The van der Waals surface area contributed by atoms with Crippen molar-refractivity contribution in [3.05, 3.63) is 47.9 Å². The van der Waals surface area contributed by atoms with Crippen molar-refractivity contribution < 1.29 is 0 Å². The predicted molar refractivity (Wildman–Crippen MR) is 98.6 cm³/mol. The van der Waals surface area contributed by atoms with E-state index in [0.29, 0.717) is 18.1 Å². The molecule has 0 aliphatic heterocycles. The van der Waals surface area contributed by atoms with Gasteiger partial charge in [0, 0.05) is 30.4 Å². The van der Waals surface area contributed by atoms with Crippen molar-refractivity contribution in [2.24, 2.45) is 12.9 Å². The highest BCUT2D eigenvalue weighted by Crippen LogP contribution is 2.27. The van der Waals surface area contributed by atoms with E-state index in [-0.39, 0.29) is 5.82 Å². The molecule has 0 aliphatic carbocycles. The SMILES string of the molecule is Cn1cc(-c2cnc(N)c(N(N)Cc3csc4ncccc34)n2)cn1. The van der Waals surface area contributed by atoms with Gasteiger partial charge in [0.25, 0.3) is 0 Å². The van der Waals surface area contributed by atoms with Crippen molar-refractivity contribution in [2.75, 3.05) is 10.7 Å². The van der Waals surface area contributed by atoms with Crippen LogP contribution in [-0.4, -0.2) is 24.7 Å². The number of thiophene rings is 1. The van der Waals surface area contributed by atoms with E-state index in [0.717, 1.165) is 21.3 Å². The summed E-state index contributed by atoms with van der Waals surface area (Å²) in [5.74, 6) is 6.96. The average molecular weight is 352 g/mol. The molecular weight excluding hydrogens is 336 g/mol. The molecular formula is C16H16N8S. The molecule has 4 aromatic heterocycles. The molecule has 0 unspecified atom stereocenters. The number of hydrogen-bond acceptors (Lipinski definition) is 8. The van der Waals surface area contributed by atoms with Crippen LogP contribution in [0.2, 0.25) is 0 Å². The van der Waals surface area contributed by atoms with Crippen LogP contribution >= 0.6 is 11.3 Å². The van der Waals surface area contributed by atoms with Gasteiger partial charge >= 0.3 is 0 Å². The summed E-state index contributed by atoms with van der Waals surface area (Å²) < 4.78 is 1.71. The van der Waals surface area contributed by atoms with Gasteiger partial charge < -0.3 is 5.73 Å². The van der Waals surface area contributed by atoms with Crippen LogP contribution in [0.5, 0.6) is 0 Å². The molecule has 4 N–H and O–H groups in total. The van der Waals surface area contributed by atoms with Crippen LogP contribution in [-0.2, 0) is 13.6 Å². The molecule has 0 atom stereocenters. The number of nitrogen functional groups attached to an aromatic ring is 1. The van der Waals surface area contributed by atoms with Gasteiger partial charge in [-0.25, -0.2) is 20.8 Å². The van der Waals surface area contributed by atoms with Crippen molar-refractivity contribution in [3.8, 4) is 11.3 Å². The Bertz CT molecular complexity index is 1040. The molecule has 4 aromatic rings. The summed E-state index contributed by atoms with van der Waals surface area (Å²) in [6.45, 7) is 0.459. The molecule has 9 heteroatoms. The number of anilines is 2. The fourth-order valence-corrected chi connectivity index (χ4v) is 3.50. The topological polar surface area (TPSA) is 112 Å². The molecule has 4 heterocycles. The highest BCUT2D eigenvalue weighted by Gasteiger charge is 2.15. The van der Waals surface area contributed by atoms with Crippen molar-refractivity contribution in [1.82, 2.24) is 24.7 Å². The summed E-state index contributed by atoms with van der Waals surface area (Å²) in [4.78, 5) is 14.1. The van der Waals surface area contributed by atoms with Gasteiger partial charge in [-0.05, 0) is 17.0 Å². The standard InChI is InChI=1S/C16H16N8S/c1-23-7-10(5-21-23)13-6-20-14(17)15(22-13)24(18)8-11-9-25-16-12(11)3-2-4-19-16/h2-7,9H,8,18H2,1H3,(H2,17,20). The van der Waals surface area contributed by atoms with Crippen LogP contribution in [0.3, 0.4) is 0 Å². The van der Waals surface area contributed by atoms with E-state index >= 15 is 0 Å². The first-order valence-electron chi connectivity index (χ1n) is 7.56. The second kappa shape index (κ2) is 6.11. The number of hydrogen-bond donors (Lipinski definition) is 2. The zero-order chi connectivity index (χ0) is 17.4. The largest absolute Gasteiger partial charge is 0.381 e. The first-order valence-corrected chi connectivity index (χ1v) is 8.44. The molecule has 0 amide bonds. The molecule has 25 heavy (non-hydrogen) atoms. The van der Waals surface area contributed by atoms with Crippen molar-refractivity contribution in [2.45, 2.75) is 6.54 Å². The second-order valence-corrected chi connectivity index (χ2v) is 6.47. The molecule has 0 saturated heterocycles. The minimum atomic E-state index is 0.285. The lowest BCUT2D eigenvalue weighted by Gasteiger charge is -2.19. The molecule has 0 fully saturated rings. The lowest BCUT2D eigenvalue weighted by Crippen LogP contribution is -2.32. The maximum atomic E-state index is 6.24. The van der Waals surface area contributed by atoms with E-state index in [1.807, 2.05) is 30.8 Å². The Kier molecular flexibility index (Phi) is 3.79. The summed E-state index contributed by atoms with van der Waals surface area (Å²) in [5, 5.41) is 8.79. The monoisotopic (exact) mass is 352 g/mol. The normalized spacial score (nSPS) is 11.1. The zero-order valence-corrected chi connectivity index (χ0v) is 14.3. The van der Waals surface area contributed by atoms with Gasteiger partial charge in [-0.15, -0.1) is 11.3 Å². The van der Waals surface area contributed by atoms with Crippen molar-refractivity contribution in [1.29, 1.82) is 0 Å². The number of nitrogens with zero attached hydrogens (tertiary/aromatic N) is 6. The molecule has 0 bridgehead atoms. The summed E-state index contributed by atoms with van der Waals surface area (Å²) in [6.07, 6.45) is 6.99. The zero-order valence-electron chi connectivity index (χ0n) is 13.5. The Morgan fingerprint density at radius 2 is 2.16 bits per heavy atom. The predicted octanol–water partition coefficient (Wildman–Crippen LogP) is 1.95. The van der Waals surface area contributed by atoms with Crippen LogP contribution in [0, 0.1) is 0 Å². The number of aryl methyl sites for hydroxylation is 1. The Labute approximate surface area is 147 Å². The summed E-state index contributed by atoms with van der Waals surface area (Å²) in [5.41, 5.74) is 8.59. The Morgan fingerprint density at radius 1 is 1.28 bits per heavy atom. The summed E-state index contributed by atoms with van der Waals surface area (Å²) >= 11 is 1.59. The van der Waals surface area contributed by atoms with E-state index in [4.69, 9.17) is 11.6 Å². The second-order valence-electron chi connectivity index (χ2n) is 5.61. The van der Waals surface area contributed by atoms with Gasteiger partial charge in [0.1, 0.15) is 4.83 Å². The number of rotatable bonds is 4. The van der Waals surface area contributed by atoms with Crippen molar-refractivity contribution >= 4 is 33.2 Å². The maximum Gasteiger partial charge on any atom is 0.186 e. The minimum absolute atomic E-state index is 0.285. The lowest BCUT2D eigenvalue weighted by molar-refractivity contribution is 0.768. The van der Waals surface area contributed by atoms with E-state index in [1.54, 1.807) is 34.6 Å². The maximum absolute atomic E-state index is 6.24. The molecule has 8 nitrogen and oxygen atoms in total. The quantitative estimate of drug-likeness (QED) is 0.426. The van der Waals surface area contributed by atoms with Crippen LogP contribution in [0.25, 0.3) is 21.5 Å². The molecule has 0 aliphatic rings. The number of hydrazine groups is 1. The third-order valence-corrected chi connectivity index (χ3v) is 4.78. The molecule has 126 valence electrons. The first-order chi connectivity index (χ1) is 12.1. The number of pyridine rings is 1. The third-order valence-electron chi connectivity index (χ3n) is 3.82. The van der Waals surface area contributed by atoms with Gasteiger partial charge in [0.05, 0.1) is 24.6 Å². The van der Waals surface area contributed by atoms with Crippen LogP contribution in [0.1, 0.15) is 5.56 Å². The highest BCUT2D eigenvalue weighted by atomic mass is 32.1. The molecule has 0 spiro atoms. The van der Waals surface area contributed by atoms with E-state index in [2.05, 4.69) is 20.1 Å². The van der Waals surface area contributed by atoms with Gasteiger partial charge in [0.2, 0.25) is 0 Å². The Morgan fingerprint density at radius 3 is 2.96 bits per heavy atom. The molecule has 0 radical (unpaired) electrons. The number of nitrogens with two attached hydrogens (primary N) is 2. The Balaban J connectivity index is 1.66. The molecule has 0 saturated carbocycles. The Hall–Kier alpha value is -3.04. The number of fused-ring (bicyclic) bond motifs is 1. The van der Waals surface area contributed by atoms with Gasteiger partial charge in [-0.1, -0.05) is 6.07 Å². The fourth-order valence-electron chi connectivity index (χ4n) is 2.59. The lowest BCUT2D eigenvalue weighted by atomic mass is 10.2. The number of aromatic nitrogens is 5. The van der Waals surface area contributed by atoms with Gasteiger partial charge in [-0.2, -0.15) is 5.10 Å². The third kappa shape index (κ3) is 2.90.